The van der Waals surface area contributed by atoms with Gasteiger partial charge < -0.3 is 15.3 Å². The molecule has 2 aliphatic rings. The molecular formula is C35H42N10O2. The molecule has 0 bridgehead atoms. The highest BCUT2D eigenvalue weighted by molar-refractivity contribution is 5.94. The Labute approximate surface area is 275 Å². The highest BCUT2D eigenvalue weighted by atomic mass is 16.3. The maximum atomic E-state index is 14.0. The Bertz CT molecular complexity index is 1750. The number of amides is 2. The highest BCUT2D eigenvalue weighted by Crippen LogP contribution is 2.32. The third-order valence-corrected chi connectivity index (χ3v) is 8.96. The predicted molar refractivity (Wildman–Crippen MR) is 182 cm³/mol. The molecule has 2 amide bonds. The van der Waals surface area contributed by atoms with Crippen LogP contribution in [0.1, 0.15) is 49.3 Å². The van der Waals surface area contributed by atoms with Crippen molar-refractivity contribution < 1.29 is 9.90 Å². The minimum Gasteiger partial charge on any atom is -0.388 e. The number of anilines is 3. The first-order valence-corrected chi connectivity index (χ1v) is 16.2. The largest absolute Gasteiger partial charge is 0.388 e. The second-order valence-corrected chi connectivity index (χ2v) is 12.8. The van der Waals surface area contributed by atoms with Crippen molar-refractivity contribution in [2.75, 3.05) is 41.4 Å². The number of aryl methyl sites for hydroxylation is 2. The van der Waals surface area contributed by atoms with Gasteiger partial charge in [-0.25, -0.2) is 14.8 Å². The molecule has 1 unspecified atom stereocenters. The topological polar surface area (TPSA) is 138 Å². The Balaban J connectivity index is 1.20. The first-order chi connectivity index (χ1) is 22.7. The molecule has 4 heterocycles. The SMILES string of the molecule is Cc1cc(-c2cnn(C)c2)ccc1N(C(=O)NCc1ccccc1)[C@H]1CCCN(Nc2ncc(C#N)c(N3CCC(C)(O)C3)n2)CC1. The lowest BCUT2D eigenvalue weighted by Gasteiger charge is -2.33. The first kappa shape index (κ1) is 32.0. The Kier molecular flexibility index (Phi) is 9.38. The second kappa shape index (κ2) is 13.8. The summed E-state index contributed by atoms with van der Waals surface area (Å²) in [6, 6.07) is 18.2. The number of aliphatic hydroxyl groups is 1. The molecule has 2 aromatic heterocycles. The van der Waals surface area contributed by atoms with E-state index in [-0.39, 0.29) is 12.1 Å². The minimum absolute atomic E-state index is 0.0372. The van der Waals surface area contributed by atoms with Crippen molar-refractivity contribution in [2.24, 2.45) is 7.05 Å². The summed E-state index contributed by atoms with van der Waals surface area (Å²) >= 11 is 0. The lowest BCUT2D eigenvalue weighted by Crippen LogP contribution is -2.47. The van der Waals surface area contributed by atoms with E-state index in [1.807, 2.05) is 65.6 Å². The second-order valence-electron chi connectivity index (χ2n) is 12.8. The van der Waals surface area contributed by atoms with Crippen LogP contribution in [0.5, 0.6) is 0 Å². The first-order valence-electron chi connectivity index (χ1n) is 16.2. The van der Waals surface area contributed by atoms with Gasteiger partial charge in [0.1, 0.15) is 11.6 Å². The van der Waals surface area contributed by atoms with Crippen LogP contribution in [0.15, 0.2) is 67.1 Å². The average molecular weight is 635 g/mol. The Morgan fingerprint density at radius 1 is 1.13 bits per heavy atom. The Hall–Kier alpha value is -4.99. The van der Waals surface area contributed by atoms with E-state index in [0.717, 1.165) is 53.7 Å². The number of hydrazine groups is 1. The van der Waals surface area contributed by atoms with Crippen molar-refractivity contribution in [2.45, 2.75) is 57.7 Å². The summed E-state index contributed by atoms with van der Waals surface area (Å²) in [6.45, 7) is 6.73. The van der Waals surface area contributed by atoms with Crippen molar-refractivity contribution in [3.05, 3.63) is 83.8 Å². The van der Waals surface area contributed by atoms with Gasteiger partial charge in [-0.1, -0.05) is 36.4 Å². The fourth-order valence-electron chi connectivity index (χ4n) is 6.47. The van der Waals surface area contributed by atoms with Gasteiger partial charge in [0.15, 0.2) is 5.82 Å². The molecule has 2 atom stereocenters. The van der Waals surface area contributed by atoms with E-state index in [1.165, 1.54) is 6.20 Å². The summed E-state index contributed by atoms with van der Waals surface area (Å²) in [6.07, 6.45) is 8.39. The number of nitrogens with one attached hydrogen (secondary N) is 2. The van der Waals surface area contributed by atoms with Crippen molar-refractivity contribution in [3.63, 3.8) is 0 Å². The van der Waals surface area contributed by atoms with Crippen LogP contribution < -0.4 is 20.5 Å². The lowest BCUT2D eigenvalue weighted by atomic mass is 10.0. The molecule has 6 rings (SSSR count). The van der Waals surface area contributed by atoms with Crippen molar-refractivity contribution in [1.82, 2.24) is 30.1 Å². The van der Waals surface area contributed by atoms with Crippen LogP contribution in [0, 0.1) is 18.3 Å². The van der Waals surface area contributed by atoms with E-state index in [9.17, 15) is 15.2 Å². The van der Waals surface area contributed by atoms with Gasteiger partial charge >= 0.3 is 6.03 Å². The normalized spacial score (nSPS) is 20.0. The summed E-state index contributed by atoms with van der Waals surface area (Å²) in [5.41, 5.74) is 7.94. The standard InChI is InChI=1S/C35H42N10O2/c1-25-18-27(29-22-39-42(3)23-29)11-12-31(25)45(34(46)38-20-26-8-5-4-6-9-26)30-10-7-15-44(16-13-30)41-33-37-21-28(19-36)32(40-33)43-17-14-35(2,47)24-43/h4-6,8-9,11-12,18,21-23,30,47H,7,10,13-17,20,24H2,1-3H3,(H,38,46)(H,37,40,41)/t30-,35?/m0/s1. The van der Waals surface area contributed by atoms with Crippen molar-refractivity contribution in [1.29, 1.82) is 5.26 Å². The fourth-order valence-corrected chi connectivity index (χ4v) is 6.47. The van der Waals surface area contributed by atoms with Crippen LogP contribution in [-0.4, -0.2) is 73.7 Å². The molecule has 2 fully saturated rings. The van der Waals surface area contributed by atoms with E-state index in [4.69, 9.17) is 4.98 Å². The maximum Gasteiger partial charge on any atom is 0.322 e. The van der Waals surface area contributed by atoms with Gasteiger partial charge in [0.05, 0.1) is 18.0 Å². The number of carbonyl (C=O) groups is 1. The zero-order valence-electron chi connectivity index (χ0n) is 27.2. The van der Waals surface area contributed by atoms with Crippen LogP contribution in [0.2, 0.25) is 0 Å². The van der Waals surface area contributed by atoms with Crippen LogP contribution in [-0.2, 0) is 13.6 Å². The number of nitrogens with zero attached hydrogens (tertiary/aromatic N) is 8. The van der Waals surface area contributed by atoms with E-state index in [2.05, 4.69) is 51.0 Å². The van der Waals surface area contributed by atoms with Crippen LogP contribution in [0.25, 0.3) is 11.1 Å². The number of β-amino-alcohol motifs (C(OH)–C–C–N with tert-alkyl or cyclic N) is 1. The van der Waals surface area contributed by atoms with E-state index in [0.29, 0.717) is 49.9 Å². The van der Waals surface area contributed by atoms with Crippen molar-refractivity contribution >= 4 is 23.5 Å². The van der Waals surface area contributed by atoms with Gasteiger partial charge in [-0.15, -0.1) is 0 Å². The van der Waals surface area contributed by atoms with Crippen molar-refractivity contribution in [3.8, 4) is 17.2 Å². The van der Waals surface area contributed by atoms with Gasteiger partial charge in [0.25, 0.3) is 0 Å². The molecule has 2 aliphatic heterocycles. The molecule has 244 valence electrons. The van der Waals surface area contributed by atoms with Crippen LogP contribution in [0.4, 0.5) is 22.2 Å². The minimum atomic E-state index is -0.818. The van der Waals surface area contributed by atoms with Gasteiger partial charge in [-0.2, -0.15) is 15.3 Å². The number of aromatic nitrogens is 4. The van der Waals surface area contributed by atoms with E-state index in [1.54, 1.807) is 11.6 Å². The third kappa shape index (κ3) is 7.53. The highest BCUT2D eigenvalue weighted by Gasteiger charge is 2.34. The summed E-state index contributed by atoms with van der Waals surface area (Å²) in [4.78, 5) is 27.0. The summed E-state index contributed by atoms with van der Waals surface area (Å²) in [5, 5.41) is 29.7. The van der Waals surface area contributed by atoms with Gasteiger partial charge in [0, 0.05) is 63.3 Å². The summed E-state index contributed by atoms with van der Waals surface area (Å²) < 4.78 is 1.79. The smallest absolute Gasteiger partial charge is 0.322 e. The number of benzene rings is 2. The number of hydrogen-bond donors (Lipinski definition) is 3. The molecule has 4 aromatic rings. The quantitative estimate of drug-likeness (QED) is 0.254. The van der Waals surface area contributed by atoms with Gasteiger partial charge in [-0.3, -0.25) is 15.0 Å². The Morgan fingerprint density at radius 3 is 2.66 bits per heavy atom. The molecule has 0 radical (unpaired) electrons. The molecule has 2 saturated heterocycles. The maximum absolute atomic E-state index is 14.0. The fraction of sp³-hybridized carbons (Fsp3) is 0.400. The molecular weight excluding hydrogens is 592 g/mol. The molecule has 12 heteroatoms. The number of rotatable bonds is 8. The van der Waals surface area contributed by atoms with Gasteiger partial charge in [0.2, 0.25) is 5.95 Å². The molecule has 0 aliphatic carbocycles. The lowest BCUT2D eigenvalue weighted by molar-refractivity contribution is 0.0839. The molecule has 47 heavy (non-hydrogen) atoms. The number of nitriles is 1. The molecule has 0 spiro atoms. The van der Waals surface area contributed by atoms with E-state index >= 15 is 0 Å². The molecule has 3 N–H and O–H groups in total. The Morgan fingerprint density at radius 2 is 1.96 bits per heavy atom. The zero-order valence-corrected chi connectivity index (χ0v) is 27.2. The monoisotopic (exact) mass is 634 g/mol. The van der Waals surface area contributed by atoms with Crippen LogP contribution >= 0.6 is 0 Å². The molecule has 0 saturated carbocycles. The number of hydrogen-bond acceptors (Lipinski definition) is 9. The van der Waals surface area contributed by atoms with Crippen LogP contribution in [0.3, 0.4) is 0 Å². The summed E-state index contributed by atoms with van der Waals surface area (Å²) in [5.74, 6) is 0.935. The zero-order chi connectivity index (χ0) is 33.0. The number of urea groups is 1. The van der Waals surface area contributed by atoms with E-state index < -0.39 is 5.60 Å². The molecule has 2 aromatic carbocycles. The molecule has 12 nitrogen and oxygen atoms in total. The average Bonchev–Trinajstić information content (AvgIpc) is 3.59. The predicted octanol–water partition coefficient (Wildman–Crippen LogP) is 4.62. The third-order valence-electron chi connectivity index (χ3n) is 8.96. The number of carbonyl (C=O) groups excluding carboxylic acids is 1. The van der Waals surface area contributed by atoms with Gasteiger partial charge in [-0.05, 0) is 68.4 Å². The summed E-state index contributed by atoms with van der Waals surface area (Å²) in [7, 11) is 1.90.